The lowest BCUT2D eigenvalue weighted by molar-refractivity contribution is 0.100. The summed E-state index contributed by atoms with van der Waals surface area (Å²) in [5.41, 5.74) is 21.9. The Morgan fingerprint density at radius 3 is 2.45 bits per heavy atom. The molecule has 0 spiro atoms. The third-order valence-corrected chi connectivity index (χ3v) is 5.91. The smallest absolute Gasteiger partial charge is 0.260 e. The van der Waals surface area contributed by atoms with Gasteiger partial charge in [-0.3, -0.25) is 4.79 Å². The zero-order valence-corrected chi connectivity index (χ0v) is 16.2. The molecule has 0 saturated heterocycles. The fourth-order valence-corrected chi connectivity index (χ4v) is 4.35. The molecule has 1 amide bonds. The van der Waals surface area contributed by atoms with E-state index in [0.717, 1.165) is 33.7 Å². The summed E-state index contributed by atoms with van der Waals surface area (Å²) in [6.45, 7) is 0. The summed E-state index contributed by atoms with van der Waals surface area (Å²) in [5.74, 6) is -0.891. The summed E-state index contributed by atoms with van der Waals surface area (Å²) >= 11 is 1.16. The minimum absolute atomic E-state index is 0.271. The lowest BCUT2D eigenvalue weighted by Gasteiger charge is -2.16. The molecule has 0 bridgehead atoms. The van der Waals surface area contributed by atoms with E-state index in [9.17, 15) is 9.18 Å². The van der Waals surface area contributed by atoms with Crippen LogP contribution in [0.25, 0.3) is 21.5 Å². The van der Waals surface area contributed by atoms with Crippen LogP contribution in [0.2, 0.25) is 0 Å². The first-order valence-electron chi connectivity index (χ1n) is 9.02. The fraction of sp³-hybridized carbons (Fsp3) is 0.0909. The first kappa shape index (κ1) is 19.0. The molecule has 2 aromatic carbocycles. The van der Waals surface area contributed by atoms with E-state index in [0.29, 0.717) is 22.3 Å². The van der Waals surface area contributed by atoms with Gasteiger partial charge in [-0.1, -0.05) is 42.5 Å². The number of benzene rings is 2. The number of fused-ring (bicyclic) bond motifs is 1. The fourth-order valence-electron chi connectivity index (χ4n) is 3.37. The second-order valence-corrected chi connectivity index (χ2v) is 7.79. The SMILES string of the molecule is NC(=O)c1sc2nc(-c3ccccc3)cc(C(N)Cc3ccc(F)cc3)c2c1N. The van der Waals surface area contributed by atoms with Gasteiger partial charge in [-0.25, -0.2) is 9.37 Å². The number of carbonyl (C=O) groups excluding carboxylic acids is 1. The van der Waals surface area contributed by atoms with Crippen molar-refractivity contribution in [2.75, 3.05) is 5.73 Å². The zero-order chi connectivity index (χ0) is 20.5. The van der Waals surface area contributed by atoms with Gasteiger partial charge in [0.1, 0.15) is 15.5 Å². The van der Waals surface area contributed by atoms with Crippen LogP contribution in [0, 0.1) is 5.82 Å². The molecule has 0 aliphatic rings. The summed E-state index contributed by atoms with van der Waals surface area (Å²) in [6.07, 6.45) is 0.481. The Hall–Kier alpha value is -3.29. The number of aromatic nitrogens is 1. The van der Waals surface area contributed by atoms with Crippen LogP contribution < -0.4 is 17.2 Å². The van der Waals surface area contributed by atoms with E-state index in [1.807, 2.05) is 36.4 Å². The number of pyridine rings is 1. The first-order valence-corrected chi connectivity index (χ1v) is 9.84. The van der Waals surface area contributed by atoms with Crippen LogP contribution >= 0.6 is 11.3 Å². The van der Waals surface area contributed by atoms with Crippen LogP contribution in [0.1, 0.15) is 26.8 Å². The van der Waals surface area contributed by atoms with Crippen LogP contribution in [0.5, 0.6) is 0 Å². The van der Waals surface area contributed by atoms with Gasteiger partial charge in [-0.15, -0.1) is 11.3 Å². The number of carbonyl (C=O) groups is 1. The third-order valence-electron chi connectivity index (χ3n) is 4.79. The quantitative estimate of drug-likeness (QED) is 0.465. The highest BCUT2D eigenvalue weighted by molar-refractivity contribution is 7.21. The molecule has 5 nitrogen and oxygen atoms in total. The molecule has 4 aromatic rings. The minimum Gasteiger partial charge on any atom is -0.397 e. The summed E-state index contributed by atoms with van der Waals surface area (Å²) in [6, 6.07) is 17.4. The van der Waals surface area contributed by atoms with E-state index in [1.165, 1.54) is 12.1 Å². The molecule has 0 aliphatic heterocycles. The average Bonchev–Trinajstić information content (AvgIpc) is 3.06. The highest BCUT2D eigenvalue weighted by Crippen LogP contribution is 2.39. The molecule has 2 aromatic heterocycles. The highest BCUT2D eigenvalue weighted by atomic mass is 32.1. The van der Waals surface area contributed by atoms with Crippen molar-refractivity contribution in [3.05, 3.63) is 82.5 Å². The first-order chi connectivity index (χ1) is 13.9. The molecule has 0 saturated carbocycles. The summed E-state index contributed by atoms with van der Waals surface area (Å²) in [5, 5.41) is 0.651. The Labute approximate surface area is 171 Å². The van der Waals surface area contributed by atoms with Crippen LogP contribution in [-0.2, 0) is 6.42 Å². The van der Waals surface area contributed by atoms with Crippen molar-refractivity contribution in [2.24, 2.45) is 11.5 Å². The topological polar surface area (TPSA) is 108 Å². The van der Waals surface area contributed by atoms with Gasteiger partial charge in [0.2, 0.25) is 0 Å². The van der Waals surface area contributed by atoms with Gasteiger partial charge in [0.25, 0.3) is 5.91 Å². The van der Waals surface area contributed by atoms with Crippen LogP contribution in [-0.4, -0.2) is 10.9 Å². The van der Waals surface area contributed by atoms with Gasteiger partial charge < -0.3 is 17.2 Å². The molecule has 4 rings (SSSR count). The van der Waals surface area contributed by atoms with Gasteiger partial charge in [-0.2, -0.15) is 0 Å². The van der Waals surface area contributed by atoms with Crippen molar-refractivity contribution < 1.29 is 9.18 Å². The number of anilines is 1. The normalized spacial score (nSPS) is 12.2. The molecule has 146 valence electrons. The van der Waals surface area contributed by atoms with Gasteiger partial charge >= 0.3 is 0 Å². The average molecular weight is 406 g/mol. The highest BCUT2D eigenvalue weighted by Gasteiger charge is 2.22. The van der Waals surface area contributed by atoms with Crippen molar-refractivity contribution >= 4 is 33.1 Å². The minimum atomic E-state index is -0.593. The molecular formula is C22H19FN4OS. The number of nitrogen functional groups attached to an aromatic ring is 1. The Morgan fingerprint density at radius 2 is 1.79 bits per heavy atom. The second kappa shape index (κ2) is 7.62. The summed E-state index contributed by atoms with van der Waals surface area (Å²) in [7, 11) is 0. The van der Waals surface area contributed by atoms with Crippen molar-refractivity contribution in [3.8, 4) is 11.3 Å². The van der Waals surface area contributed by atoms with Crippen molar-refractivity contribution in [2.45, 2.75) is 12.5 Å². The molecule has 2 heterocycles. The molecule has 0 fully saturated rings. The number of thiophene rings is 1. The number of primary amides is 1. The lowest BCUT2D eigenvalue weighted by atomic mass is 9.95. The van der Waals surface area contributed by atoms with Crippen molar-refractivity contribution in [1.29, 1.82) is 0 Å². The molecular weight excluding hydrogens is 387 g/mol. The number of rotatable bonds is 5. The van der Waals surface area contributed by atoms with Crippen LogP contribution in [0.4, 0.5) is 10.1 Å². The second-order valence-electron chi connectivity index (χ2n) is 6.79. The molecule has 1 atom stereocenters. The van der Waals surface area contributed by atoms with E-state index in [-0.39, 0.29) is 10.7 Å². The van der Waals surface area contributed by atoms with Crippen molar-refractivity contribution in [3.63, 3.8) is 0 Å². The molecule has 7 heteroatoms. The van der Waals surface area contributed by atoms with E-state index < -0.39 is 11.9 Å². The van der Waals surface area contributed by atoms with Gasteiger partial charge in [0, 0.05) is 17.0 Å². The number of hydrogen-bond acceptors (Lipinski definition) is 5. The largest absolute Gasteiger partial charge is 0.397 e. The Kier molecular flexibility index (Phi) is 5.00. The molecule has 1 unspecified atom stereocenters. The lowest BCUT2D eigenvalue weighted by Crippen LogP contribution is -2.15. The Balaban J connectivity index is 1.87. The molecule has 29 heavy (non-hydrogen) atoms. The number of hydrogen-bond donors (Lipinski definition) is 3. The van der Waals surface area contributed by atoms with E-state index in [1.54, 1.807) is 12.1 Å². The maximum Gasteiger partial charge on any atom is 0.260 e. The summed E-state index contributed by atoms with van der Waals surface area (Å²) < 4.78 is 13.2. The standard InChI is InChI=1S/C22H19FN4OS/c23-14-8-6-12(7-9-14)10-16(24)15-11-17(13-4-2-1-3-5-13)27-22-18(15)19(25)20(29-22)21(26)28/h1-9,11,16H,10,24-25H2,(H2,26,28). The van der Waals surface area contributed by atoms with Crippen molar-refractivity contribution in [1.82, 2.24) is 4.98 Å². The number of amides is 1. The molecule has 0 aliphatic carbocycles. The monoisotopic (exact) mass is 406 g/mol. The number of nitrogens with two attached hydrogens (primary N) is 3. The number of halogens is 1. The number of nitrogens with zero attached hydrogens (tertiary/aromatic N) is 1. The molecule has 6 N–H and O–H groups in total. The predicted octanol–water partition coefficient (Wildman–Crippen LogP) is 4.03. The van der Waals surface area contributed by atoms with Gasteiger partial charge in [0.05, 0.1) is 11.4 Å². The Morgan fingerprint density at radius 1 is 1.10 bits per heavy atom. The predicted molar refractivity (Wildman–Crippen MR) is 115 cm³/mol. The maximum absolute atomic E-state index is 13.2. The molecule has 0 radical (unpaired) electrons. The van der Waals surface area contributed by atoms with Crippen LogP contribution in [0.3, 0.4) is 0 Å². The van der Waals surface area contributed by atoms with E-state index >= 15 is 0 Å². The van der Waals surface area contributed by atoms with E-state index in [4.69, 9.17) is 22.2 Å². The van der Waals surface area contributed by atoms with E-state index in [2.05, 4.69) is 0 Å². The summed E-state index contributed by atoms with van der Waals surface area (Å²) in [4.78, 5) is 17.4. The zero-order valence-electron chi connectivity index (χ0n) is 15.4. The third kappa shape index (κ3) is 3.70. The maximum atomic E-state index is 13.2. The van der Waals surface area contributed by atoms with Gasteiger partial charge in [0.15, 0.2) is 0 Å². The van der Waals surface area contributed by atoms with Gasteiger partial charge in [-0.05, 0) is 35.7 Å². The van der Waals surface area contributed by atoms with Crippen LogP contribution in [0.15, 0.2) is 60.7 Å². The Bertz CT molecular complexity index is 1190.